The molecule has 2 aromatic heterocycles. The van der Waals surface area contributed by atoms with E-state index in [0.29, 0.717) is 11.7 Å². The molecular weight excluding hydrogens is 297 g/mol. The predicted octanol–water partition coefficient (Wildman–Crippen LogP) is 2.29. The molecule has 1 saturated carbocycles. The van der Waals surface area contributed by atoms with Crippen molar-refractivity contribution in [2.45, 2.75) is 38.5 Å². The minimum absolute atomic E-state index is 0.0727. The fourth-order valence-electron chi connectivity index (χ4n) is 2.64. The van der Waals surface area contributed by atoms with E-state index in [9.17, 15) is 13.2 Å². The van der Waals surface area contributed by atoms with Crippen LogP contribution in [0.4, 0.5) is 19.0 Å². The van der Waals surface area contributed by atoms with E-state index in [1.54, 1.807) is 11.0 Å². The summed E-state index contributed by atoms with van der Waals surface area (Å²) in [5.41, 5.74) is -0.862. The first-order valence-electron chi connectivity index (χ1n) is 6.92. The molecule has 0 spiro atoms. The first-order valence-corrected chi connectivity index (χ1v) is 6.92. The van der Waals surface area contributed by atoms with E-state index in [-0.39, 0.29) is 11.6 Å². The summed E-state index contributed by atoms with van der Waals surface area (Å²) in [6.45, 7) is 2.19. The zero-order valence-electron chi connectivity index (χ0n) is 11.9. The monoisotopic (exact) mass is 312 g/mol. The van der Waals surface area contributed by atoms with E-state index in [1.165, 1.54) is 19.3 Å². The van der Waals surface area contributed by atoms with Gasteiger partial charge in [-0.3, -0.25) is 4.68 Å². The Kier molecular flexibility index (Phi) is 3.71. The van der Waals surface area contributed by atoms with Crippen molar-refractivity contribution in [2.24, 2.45) is 5.92 Å². The second-order valence-electron chi connectivity index (χ2n) is 5.56. The SMILES string of the molecule is Cc1cc(NC2CC(Cn3cncn3)C2)nnc1C(F)(F)F. The third-order valence-electron chi connectivity index (χ3n) is 3.75. The molecule has 0 aliphatic heterocycles. The van der Waals surface area contributed by atoms with Crippen LogP contribution in [0.5, 0.6) is 0 Å². The Balaban J connectivity index is 1.54. The number of alkyl halides is 3. The summed E-state index contributed by atoms with van der Waals surface area (Å²) in [7, 11) is 0. The van der Waals surface area contributed by atoms with Crippen molar-refractivity contribution in [3.05, 3.63) is 30.0 Å². The van der Waals surface area contributed by atoms with Crippen LogP contribution in [-0.4, -0.2) is 31.0 Å². The van der Waals surface area contributed by atoms with E-state index >= 15 is 0 Å². The Morgan fingerprint density at radius 2 is 2.09 bits per heavy atom. The van der Waals surface area contributed by atoms with Crippen LogP contribution in [0.3, 0.4) is 0 Å². The van der Waals surface area contributed by atoms with E-state index in [1.807, 2.05) is 0 Å². The Morgan fingerprint density at radius 1 is 1.32 bits per heavy atom. The van der Waals surface area contributed by atoms with Gasteiger partial charge in [-0.25, -0.2) is 4.98 Å². The molecule has 118 valence electrons. The molecule has 22 heavy (non-hydrogen) atoms. The van der Waals surface area contributed by atoms with Crippen LogP contribution in [-0.2, 0) is 12.7 Å². The summed E-state index contributed by atoms with van der Waals surface area (Å²) in [4.78, 5) is 3.88. The molecule has 1 aliphatic carbocycles. The molecule has 0 radical (unpaired) electrons. The van der Waals surface area contributed by atoms with E-state index in [2.05, 4.69) is 25.6 Å². The molecule has 2 heterocycles. The number of aromatic nitrogens is 5. The topological polar surface area (TPSA) is 68.5 Å². The third kappa shape index (κ3) is 3.18. The molecule has 1 N–H and O–H groups in total. The van der Waals surface area contributed by atoms with Gasteiger partial charge in [0.2, 0.25) is 0 Å². The van der Waals surface area contributed by atoms with Gasteiger partial charge < -0.3 is 5.32 Å². The van der Waals surface area contributed by atoms with Gasteiger partial charge in [-0.2, -0.15) is 18.3 Å². The summed E-state index contributed by atoms with van der Waals surface area (Å²) in [5, 5.41) is 14.1. The normalized spacial score (nSPS) is 21.5. The van der Waals surface area contributed by atoms with E-state index in [0.717, 1.165) is 19.4 Å². The van der Waals surface area contributed by atoms with Crippen molar-refractivity contribution < 1.29 is 13.2 Å². The van der Waals surface area contributed by atoms with Gasteiger partial charge >= 0.3 is 6.18 Å². The molecule has 0 amide bonds. The molecule has 0 bridgehead atoms. The fourth-order valence-corrected chi connectivity index (χ4v) is 2.64. The molecule has 0 unspecified atom stereocenters. The Hall–Kier alpha value is -2.19. The zero-order valence-corrected chi connectivity index (χ0v) is 11.9. The van der Waals surface area contributed by atoms with Gasteiger partial charge in [0.05, 0.1) is 0 Å². The van der Waals surface area contributed by atoms with Crippen LogP contribution in [0.25, 0.3) is 0 Å². The third-order valence-corrected chi connectivity index (χ3v) is 3.75. The lowest BCUT2D eigenvalue weighted by Gasteiger charge is -2.35. The Morgan fingerprint density at radius 3 is 2.68 bits per heavy atom. The van der Waals surface area contributed by atoms with Crippen LogP contribution in [0.2, 0.25) is 0 Å². The molecule has 0 aromatic carbocycles. The van der Waals surface area contributed by atoms with Crippen LogP contribution >= 0.6 is 0 Å². The number of nitrogens with one attached hydrogen (secondary N) is 1. The average Bonchev–Trinajstić information content (AvgIpc) is 2.87. The molecule has 6 nitrogen and oxygen atoms in total. The highest BCUT2D eigenvalue weighted by molar-refractivity contribution is 5.39. The van der Waals surface area contributed by atoms with Gasteiger partial charge in [0, 0.05) is 12.6 Å². The first kappa shape index (κ1) is 14.7. The molecule has 9 heteroatoms. The maximum absolute atomic E-state index is 12.6. The van der Waals surface area contributed by atoms with Crippen LogP contribution in [0.15, 0.2) is 18.7 Å². The largest absolute Gasteiger partial charge is 0.435 e. The van der Waals surface area contributed by atoms with Crippen molar-refractivity contribution in [3.8, 4) is 0 Å². The van der Waals surface area contributed by atoms with E-state index < -0.39 is 11.9 Å². The summed E-state index contributed by atoms with van der Waals surface area (Å²) in [5.74, 6) is 0.873. The van der Waals surface area contributed by atoms with Gasteiger partial charge in [0.1, 0.15) is 18.5 Å². The number of aryl methyl sites for hydroxylation is 1. The van der Waals surface area contributed by atoms with Crippen LogP contribution in [0.1, 0.15) is 24.1 Å². The number of halogens is 3. The lowest BCUT2D eigenvalue weighted by atomic mass is 9.80. The maximum Gasteiger partial charge on any atom is 0.435 e. The number of hydrogen-bond donors (Lipinski definition) is 1. The van der Waals surface area contributed by atoms with Crippen molar-refractivity contribution in [1.82, 2.24) is 25.0 Å². The lowest BCUT2D eigenvalue weighted by molar-refractivity contribution is -0.142. The van der Waals surface area contributed by atoms with Crippen molar-refractivity contribution >= 4 is 5.82 Å². The molecule has 3 rings (SSSR count). The number of rotatable bonds is 4. The molecule has 2 aromatic rings. The van der Waals surface area contributed by atoms with Gasteiger partial charge in [-0.05, 0) is 37.3 Å². The molecule has 0 saturated heterocycles. The number of nitrogens with zero attached hydrogens (tertiary/aromatic N) is 5. The molecular formula is C13H15F3N6. The molecule has 1 fully saturated rings. The zero-order chi connectivity index (χ0) is 15.7. The minimum Gasteiger partial charge on any atom is -0.366 e. The minimum atomic E-state index is -4.46. The number of anilines is 1. The fraction of sp³-hybridized carbons (Fsp3) is 0.538. The average molecular weight is 312 g/mol. The summed E-state index contributed by atoms with van der Waals surface area (Å²) in [6, 6.07) is 1.60. The highest BCUT2D eigenvalue weighted by atomic mass is 19.4. The quantitative estimate of drug-likeness (QED) is 0.938. The second-order valence-corrected chi connectivity index (χ2v) is 5.56. The molecule has 1 aliphatic rings. The summed E-state index contributed by atoms with van der Waals surface area (Å²) in [6.07, 6.45) is 0.540. The van der Waals surface area contributed by atoms with Crippen molar-refractivity contribution in [2.75, 3.05) is 5.32 Å². The maximum atomic E-state index is 12.6. The smallest absolute Gasteiger partial charge is 0.366 e. The first-order chi connectivity index (χ1) is 10.4. The summed E-state index contributed by atoms with van der Waals surface area (Å²) < 4.78 is 39.6. The van der Waals surface area contributed by atoms with Crippen LogP contribution in [0, 0.1) is 12.8 Å². The molecule has 0 atom stereocenters. The van der Waals surface area contributed by atoms with Crippen molar-refractivity contribution in [1.29, 1.82) is 0 Å². The van der Waals surface area contributed by atoms with Crippen molar-refractivity contribution in [3.63, 3.8) is 0 Å². The van der Waals surface area contributed by atoms with Gasteiger partial charge in [-0.1, -0.05) is 0 Å². The standard InChI is InChI=1S/C13H15F3N6/c1-8-2-11(20-21-12(8)13(14,15)16)19-10-3-9(4-10)5-22-7-17-6-18-22/h2,6-7,9-10H,3-5H2,1H3,(H,19,20). The Labute approximate surface area is 124 Å². The van der Waals surface area contributed by atoms with E-state index in [4.69, 9.17) is 0 Å². The van der Waals surface area contributed by atoms with Gasteiger partial charge in [-0.15, -0.1) is 10.2 Å². The second kappa shape index (κ2) is 5.54. The lowest BCUT2D eigenvalue weighted by Crippen LogP contribution is -2.38. The number of hydrogen-bond acceptors (Lipinski definition) is 5. The van der Waals surface area contributed by atoms with Gasteiger partial charge in [0.25, 0.3) is 0 Å². The van der Waals surface area contributed by atoms with Gasteiger partial charge in [0.15, 0.2) is 5.69 Å². The highest BCUT2D eigenvalue weighted by Crippen LogP contribution is 2.33. The predicted molar refractivity (Wildman–Crippen MR) is 71.9 cm³/mol. The Bertz CT molecular complexity index is 634. The highest BCUT2D eigenvalue weighted by Gasteiger charge is 2.35. The van der Waals surface area contributed by atoms with Crippen LogP contribution < -0.4 is 5.32 Å². The summed E-state index contributed by atoms with van der Waals surface area (Å²) >= 11 is 0.